The number of nitrogens with zero attached hydrogens (tertiary/aromatic N) is 3. The lowest BCUT2D eigenvalue weighted by atomic mass is 10.2. The number of hydrogen-bond acceptors (Lipinski definition) is 6. The first-order valence-corrected chi connectivity index (χ1v) is 13.5. The third-order valence-corrected chi connectivity index (χ3v) is 9.02. The molecule has 180 valence electrons. The van der Waals surface area contributed by atoms with Crippen LogP contribution in [-0.4, -0.2) is 64.0 Å². The first-order chi connectivity index (χ1) is 16.4. The van der Waals surface area contributed by atoms with Crippen molar-refractivity contribution in [1.82, 2.24) is 9.80 Å². The zero-order valence-corrected chi connectivity index (χ0v) is 20.8. The molecule has 0 unspecified atom stereocenters. The van der Waals surface area contributed by atoms with Crippen LogP contribution in [0.25, 0.3) is 0 Å². The highest BCUT2D eigenvalue weighted by Gasteiger charge is 2.23. The van der Waals surface area contributed by atoms with Gasteiger partial charge in [0.1, 0.15) is 9.96 Å². The van der Waals surface area contributed by atoms with Gasteiger partial charge in [0.05, 0.1) is 5.69 Å². The molecule has 0 radical (unpaired) electrons. The van der Waals surface area contributed by atoms with Gasteiger partial charge < -0.3 is 9.64 Å². The third-order valence-electron chi connectivity index (χ3n) is 5.86. The fourth-order valence-corrected chi connectivity index (χ4v) is 6.25. The van der Waals surface area contributed by atoms with Crippen LogP contribution >= 0.6 is 11.3 Å². The smallest absolute Gasteiger partial charge is 0.273 e. The van der Waals surface area contributed by atoms with Crippen LogP contribution in [-0.2, 0) is 21.4 Å². The Labute approximate surface area is 205 Å². The summed E-state index contributed by atoms with van der Waals surface area (Å²) in [6, 6.07) is 20.4. The van der Waals surface area contributed by atoms with Crippen LogP contribution in [0.2, 0.25) is 0 Å². The fraction of sp³-hybridized carbons (Fsp3) is 0.320. The second-order valence-corrected chi connectivity index (χ2v) is 11.3. The zero-order chi connectivity index (χ0) is 24.0. The number of hydrogen-bond donors (Lipinski definition) is 0. The van der Waals surface area contributed by atoms with Crippen molar-refractivity contribution in [3.63, 3.8) is 0 Å². The molecule has 7 nitrogen and oxygen atoms in total. The Morgan fingerprint density at radius 2 is 1.74 bits per heavy atom. The molecule has 0 N–H and O–H groups in total. The number of benzene rings is 2. The Morgan fingerprint density at radius 3 is 2.44 bits per heavy atom. The van der Waals surface area contributed by atoms with E-state index >= 15 is 0 Å². The van der Waals surface area contributed by atoms with E-state index in [-0.39, 0.29) is 12.5 Å². The standard InChI is InChI=1S/C25H29N3O4S2/c1-26(34(30,31)25-9-5-18-33-25)22-10-12-23(13-11-22)32-20-24(29)28-15-6-14-27(16-17-28)19-21-7-3-2-4-8-21/h2-5,7-13,18H,6,14-17,19-20H2,1H3. The Morgan fingerprint density at radius 1 is 0.971 bits per heavy atom. The van der Waals surface area contributed by atoms with Gasteiger partial charge in [-0.05, 0) is 47.7 Å². The van der Waals surface area contributed by atoms with Crippen molar-refractivity contribution < 1.29 is 17.9 Å². The van der Waals surface area contributed by atoms with Crippen LogP contribution in [0.5, 0.6) is 5.75 Å². The maximum Gasteiger partial charge on any atom is 0.273 e. The quantitative estimate of drug-likeness (QED) is 0.473. The molecule has 0 atom stereocenters. The van der Waals surface area contributed by atoms with Gasteiger partial charge in [-0.3, -0.25) is 14.0 Å². The van der Waals surface area contributed by atoms with Gasteiger partial charge in [-0.2, -0.15) is 0 Å². The summed E-state index contributed by atoms with van der Waals surface area (Å²) in [4.78, 5) is 17.0. The molecular weight excluding hydrogens is 470 g/mol. The number of carbonyl (C=O) groups is 1. The summed E-state index contributed by atoms with van der Waals surface area (Å²) in [6.45, 7) is 4.05. The van der Waals surface area contributed by atoms with Crippen LogP contribution in [0.4, 0.5) is 5.69 Å². The second kappa shape index (κ2) is 11.0. The van der Waals surface area contributed by atoms with Gasteiger partial charge in [-0.1, -0.05) is 36.4 Å². The molecule has 0 bridgehead atoms. The average Bonchev–Trinajstić information content (AvgIpc) is 3.31. The van der Waals surface area contributed by atoms with E-state index in [9.17, 15) is 13.2 Å². The maximum absolute atomic E-state index is 12.7. The molecule has 1 aliphatic heterocycles. The first kappa shape index (κ1) is 24.3. The largest absolute Gasteiger partial charge is 0.484 e. The Balaban J connectivity index is 1.27. The third kappa shape index (κ3) is 5.97. The van der Waals surface area contributed by atoms with Crippen molar-refractivity contribution in [3.05, 3.63) is 77.7 Å². The van der Waals surface area contributed by atoms with Crippen molar-refractivity contribution in [2.75, 3.05) is 44.1 Å². The lowest BCUT2D eigenvalue weighted by Crippen LogP contribution is -2.38. The van der Waals surface area contributed by atoms with E-state index in [4.69, 9.17) is 4.74 Å². The van der Waals surface area contributed by atoms with Crippen molar-refractivity contribution >= 4 is 33.0 Å². The van der Waals surface area contributed by atoms with E-state index in [1.165, 1.54) is 28.3 Å². The van der Waals surface area contributed by atoms with Gasteiger partial charge in [-0.25, -0.2) is 8.42 Å². The van der Waals surface area contributed by atoms with Crippen LogP contribution < -0.4 is 9.04 Å². The number of sulfonamides is 1. The average molecular weight is 500 g/mol. The van der Waals surface area contributed by atoms with E-state index in [1.54, 1.807) is 41.8 Å². The van der Waals surface area contributed by atoms with Gasteiger partial charge in [0.2, 0.25) is 0 Å². The van der Waals surface area contributed by atoms with Crippen molar-refractivity contribution in [2.45, 2.75) is 17.2 Å². The molecule has 9 heteroatoms. The molecule has 3 aromatic rings. The molecule has 1 aromatic heterocycles. The summed E-state index contributed by atoms with van der Waals surface area (Å²) in [5.41, 5.74) is 1.81. The van der Waals surface area contributed by atoms with Gasteiger partial charge in [-0.15, -0.1) is 11.3 Å². The van der Waals surface area contributed by atoms with E-state index in [1.807, 2.05) is 23.1 Å². The monoisotopic (exact) mass is 499 g/mol. The van der Waals surface area contributed by atoms with E-state index < -0.39 is 10.0 Å². The van der Waals surface area contributed by atoms with E-state index in [2.05, 4.69) is 17.0 Å². The predicted molar refractivity (Wildman–Crippen MR) is 135 cm³/mol. The maximum atomic E-state index is 12.7. The molecule has 34 heavy (non-hydrogen) atoms. The van der Waals surface area contributed by atoms with Crippen molar-refractivity contribution in [2.24, 2.45) is 0 Å². The van der Waals surface area contributed by atoms with Crippen LogP contribution in [0.3, 0.4) is 0 Å². The minimum Gasteiger partial charge on any atom is -0.484 e. The molecule has 1 fully saturated rings. The number of amides is 1. The lowest BCUT2D eigenvalue weighted by Gasteiger charge is -2.22. The lowest BCUT2D eigenvalue weighted by molar-refractivity contribution is -0.133. The molecule has 2 aromatic carbocycles. The Hall–Kier alpha value is -2.88. The number of rotatable bonds is 8. The highest BCUT2D eigenvalue weighted by atomic mass is 32.2. The van der Waals surface area contributed by atoms with Gasteiger partial charge in [0, 0.05) is 39.8 Å². The molecule has 2 heterocycles. The van der Waals surface area contributed by atoms with Gasteiger partial charge >= 0.3 is 0 Å². The van der Waals surface area contributed by atoms with Gasteiger partial charge in [0.25, 0.3) is 15.9 Å². The summed E-state index contributed by atoms with van der Waals surface area (Å²) in [5.74, 6) is 0.488. The van der Waals surface area contributed by atoms with Crippen LogP contribution in [0.15, 0.2) is 76.3 Å². The summed E-state index contributed by atoms with van der Waals surface area (Å²) in [6.07, 6.45) is 0.929. The highest BCUT2D eigenvalue weighted by molar-refractivity contribution is 7.94. The topological polar surface area (TPSA) is 70.2 Å². The van der Waals surface area contributed by atoms with Crippen molar-refractivity contribution in [3.8, 4) is 5.75 Å². The molecule has 0 saturated carbocycles. The summed E-state index contributed by atoms with van der Waals surface area (Å²) < 4.78 is 32.6. The molecule has 4 rings (SSSR count). The first-order valence-electron chi connectivity index (χ1n) is 11.2. The van der Waals surface area contributed by atoms with E-state index in [0.29, 0.717) is 22.2 Å². The van der Waals surface area contributed by atoms with Crippen LogP contribution in [0.1, 0.15) is 12.0 Å². The minimum absolute atomic E-state index is 0.0389. The van der Waals surface area contributed by atoms with Gasteiger partial charge in [0.15, 0.2) is 6.61 Å². The normalized spacial score (nSPS) is 15.0. The summed E-state index contributed by atoms with van der Waals surface area (Å²) in [5, 5.41) is 1.74. The van der Waals surface area contributed by atoms with Crippen molar-refractivity contribution in [1.29, 1.82) is 0 Å². The number of ether oxygens (including phenoxy) is 1. The molecule has 1 saturated heterocycles. The molecule has 0 spiro atoms. The minimum atomic E-state index is -3.58. The summed E-state index contributed by atoms with van der Waals surface area (Å²) >= 11 is 1.18. The Kier molecular flexibility index (Phi) is 7.87. The second-order valence-electron chi connectivity index (χ2n) is 8.18. The Bertz CT molecular complexity index is 1170. The number of carbonyl (C=O) groups excluding carboxylic acids is 1. The number of anilines is 1. The zero-order valence-electron chi connectivity index (χ0n) is 19.2. The molecule has 0 aliphatic carbocycles. The molecular formula is C25H29N3O4S2. The number of thiophene rings is 1. The summed E-state index contributed by atoms with van der Waals surface area (Å²) in [7, 11) is -2.06. The van der Waals surface area contributed by atoms with E-state index in [0.717, 1.165) is 32.6 Å². The highest BCUT2D eigenvalue weighted by Crippen LogP contribution is 2.26. The fourth-order valence-electron chi connectivity index (χ4n) is 3.89. The predicted octanol–water partition coefficient (Wildman–Crippen LogP) is 3.69. The van der Waals surface area contributed by atoms with Crippen LogP contribution in [0, 0.1) is 0 Å². The molecule has 1 aliphatic rings. The SMILES string of the molecule is CN(c1ccc(OCC(=O)N2CCCN(Cc3ccccc3)CC2)cc1)S(=O)(=O)c1cccs1. The molecule has 1 amide bonds.